The average molecular weight is 860 g/mol. The summed E-state index contributed by atoms with van der Waals surface area (Å²) in [6.45, 7) is 13.5. The summed E-state index contributed by atoms with van der Waals surface area (Å²) in [5, 5.41) is 0. The first kappa shape index (κ1) is 57.1. The molecule has 0 atom stereocenters. The van der Waals surface area contributed by atoms with E-state index in [1.807, 2.05) is 0 Å². The number of benzene rings is 2. The first-order chi connectivity index (χ1) is 29.0. The molecule has 3 rings (SSSR count). The number of hydrogen-bond acceptors (Lipinski definition) is 0. The fraction of sp³-hybridized carbons (Fsp3) is 0.649. The molecule has 0 aliphatic carbocycles. The van der Waals surface area contributed by atoms with Crippen LogP contribution in [0.2, 0.25) is 0 Å². The van der Waals surface area contributed by atoms with Crippen LogP contribution in [0, 0.1) is 24.7 Å². The molecular weight excluding hydrogens is 771 g/mol. The summed E-state index contributed by atoms with van der Waals surface area (Å²) >= 11 is 0. The van der Waals surface area contributed by atoms with Crippen LogP contribution in [0.1, 0.15) is 250 Å². The van der Waals surface area contributed by atoms with Gasteiger partial charge in [-0.15, -0.1) is 0 Å². The van der Waals surface area contributed by atoms with Gasteiger partial charge in [-0.05, 0) is 112 Å². The van der Waals surface area contributed by atoms with Crippen molar-refractivity contribution in [2.45, 2.75) is 241 Å². The Labute approximate surface area is 383 Å². The van der Waals surface area contributed by atoms with Gasteiger partial charge in [-0.2, -0.15) is 0 Å². The Hall–Kier alpha value is -2.87. The molecule has 2 nitrogen and oxygen atoms in total. The molecule has 3 heteroatoms. The Morgan fingerprint density at radius 2 is 0.800 bits per heavy atom. The minimum absolute atomic E-state index is 0. The molecule has 1 heterocycles. The van der Waals surface area contributed by atoms with Gasteiger partial charge < -0.3 is 30.2 Å². The normalized spacial score (nSPS) is 12.0. The van der Waals surface area contributed by atoms with Crippen LogP contribution >= 0.6 is 0 Å². The number of hydrogen-bond donors (Lipinski definition) is 0. The molecule has 0 saturated heterocycles. The zero-order valence-corrected chi connectivity index (χ0v) is 40.7. The smallest absolute Gasteiger partial charge is 0.694 e. The van der Waals surface area contributed by atoms with E-state index in [0.29, 0.717) is 0 Å². The van der Waals surface area contributed by atoms with Gasteiger partial charge >= 0.3 is 16.5 Å². The van der Waals surface area contributed by atoms with Crippen LogP contribution in [-0.4, -0.2) is 4.70 Å². The van der Waals surface area contributed by atoms with Gasteiger partial charge in [0.1, 0.15) is 0 Å². The summed E-state index contributed by atoms with van der Waals surface area (Å²) in [6, 6.07) is 17.9. The molecule has 0 saturated carbocycles. The van der Waals surface area contributed by atoms with Crippen molar-refractivity contribution in [3.8, 4) is 11.8 Å². The summed E-state index contributed by atoms with van der Waals surface area (Å²) < 4.78 is 1.55. The third kappa shape index (κ3) is 25.2. The average Bonchev–Trinajstić information content (AvgIpc) is 3.53. The predicted octanol–water partition coefficient (Wildman–Crippen LogP) is 18.5. The van der Waals surface area contributed by atoms with E-state index < -0.39 is 0 Å². The maximum absolute atomic E-state index is 11.8. The summed E-state index contributed by atoms with van der Waals surface area (Å²) in [6.07, 6.45) is 51.4. The van der Waals surface area contributed by atoms with Crippen molar-refractivity contribution >= 4 is 11.4 Å². The molecule has 0 bridgehead atoms. The minimum atomic E-state index is 0. The molecule has 0 radical (unpaired) electrons. The van der Waals surface area contributed by atoms with Crippen LogP contribution in [-0.2, 0) is 29.3 Å². The SMILES string of the molecule is CCCCCCc1cccc(C2=C(CCCCC)C(CCCC)=C(c3ccc(CCCC)cc3)[N+]2=[N-])c1.[C-]#CCCCCCCCCC.[C-]#CCCCCCCCCC.[Ni+2]. The van der Waals surface area contributed by atoms with Crippen LogP contribution in [0.15, 0.2) is 59.7 Å². The van der Waals surface area contributed by atoms with Gasteiger partial charge in [0.25, 0.3) is 0 Å². The number of rotatable bonds is 31. The van der Waals surface area contributed by atoms with Crippen molar-refractivity contribution in [1.29, 1.82) is 0 Å². The fourth-order valence-electron chi connectivity index (χ4n) is 7.87. The van der Waals surface area contributed by atoms with Gasteiger partial charge in [-0.3, -0.25) is 0 Å². The van der Waals surface area contributed by atoms with E-state index in [4.69, 9.17) is 12.8 Å². The molecule has 0 aromatic heterocycles. The molecule has 2 aromatic carbocycles. The fourth-order valence-corrected chi connectivity index (χ4v) is 7.87. The third-order valence-electron chi connectivity index (χ3n) is 11.5. The molecule has 0 unspecified atom stereocenters. The minimum Gasteiger partial charge on any atom is -0.694 e. The van der Waals surface area contributed by atoms with E-state index in [2.05, 4.69) is 102 Å². The Balaban J connectivity index is 0.00000124. The van der Waals surface area contributed by atoms with Gasteiger partial charge in [0.15, 0.2) is 0 Å². The van der Waals surface area contributed by atoms with Crippen LogP contribution < -0.4 is 0 Å². The van der Waals surface area contributed by atoms with Gasteiger partial charge in [0, 0.05) is 22.3 Å². The van der Waals surface area contributed by atoms with Crippen LogP contribution in [0.3, 0.4) is 0 Å². The second kappa shape index (κ2) is 40.2. The topological polar surface area (TPSA) is 25.3 Å². The summed E-state index contributed by atoms with van der Waals surface area (Å²) in [4.78, 5) is 0. The monoisotopic (exact) mass is 859 g/mol. The van der Waals surface area contributed by atoms with Gasteiger partial charge in [0.2, 0.25) is 11.4 Å². The summed E-state index contributed by atoms with van der Waals surface area (Å²) in [5.74, 6) is 4.84. The van der Waals surface area contributed by atoms with Gasteiger partial charge in [-0.25, -0.2) is 4.70 Å². The van der Waals surface area contributed by atoms with E-state index in [1.165, 1.54) is 157 Å². The Morgan fingerprint density at radius 3 is 1.30 bits per heavy atom. The van der Waals surface area contributed by atoms with Crippen molar-refractivity contribution in [3.05, 3.63) is 100 Å². The molecule has 1 aliphatic heterocycles. The number of aryl methyl sites for hydroxylation is 2. The standard InChI is InChI=1S/C35H50N2.2C11H19.Ni/c1-5-9-13-15-18-29-19-16-20-31(27-29)35-33(22-14-10-6-2)32(21-12-8-4)34(37(35)36)30-25-23-28(24-26-30)17-11-7-3;2*1-3-5-7-9-11-10-8-6-4-2;/h16,19-20,23-27H,5-15,17-18,21-22H2,1-4H3;2*3,5-11H2,1H3;/q;2*-1;+2. The van der Waals surface area contributed by atoms with Crippen molar-refractivity contribution in [3.63, 3.8) is 0 Å². The first-order valence-corrected chi connectivity index (χ1v) is 24.9. The zero-order chi connectivity index (χ0) is 43.2. The number of nitrogens with zero attached hydrogens (tertiary/aromatic N) is 2. The quantitative estimate of drug-likeness (QED) is 0.0237. The molecule has 336 valence electrons. The van der Waals surface area contributed by atoms with E-state index in [0.717, 1.165) is 86.7 Å². The Kier molecular flexibility index (Phi) is 38.3. The molecule has 2 aromatic rings. The molecule has 0 spiro atoms. The third-order valence-corrected chi connectivity index (χ3v) is 11.5. The van der Waals surface area contributed by atoms with Gasteiger partial charge in [-0.1, -0.05) is 188 Å². The van der Waals surface area contributed by atoms with E-state index in [1.54, 1.807) is 4.70 Å². The number of unbranched alkanes of at least 4 members (excludes halogenated alkanes) is 21. The molecule has 0 amide bonds. The largest absolute Gasteiger partial charge is 2.00 e. The van der Waals surface area contributed by atoms with E-state index >= 15 is 0 Å². The second-order valence-electron chi connectivity index (χ2n) is 16.9. The number of allylic oxidation sites excluding steroid dienone is 2. The Morgan fingerprint density at radius 1 is 0.417 bits per heavy atom. The molecule has 0 fully saturated rings. The first-order valence-electron chi connectivity index (χ1n) is 24.9. The second-order valence-corrected chi connectivity index (χ2v) is 16.9. The predicted molar refractivity (Wildman–Crippen MR) is 260 cm³/mol. The van der Waals surface area contributed by atoms with Crippen LogP contribution in [0.5, 0.6) is 0 Å². The van der Waals surface area contributed by atoms with Crippen molar-refractivity contribution < 1.29 is 21.2 Å². The zero-order valence-electron chi connectivity index (χ0n) is 39.7. The maximum Gasteiger partial charge on any atom is 2.00 e. The van der Waals surface area contributed by atoms with Crippen LogP contribution in [0.25, 0.3) is 16.9 Å². The maximum atomic E-state index is 11.8. The van der Waals surface area contributed by atoms with Gasteiger partial charge in [0.05, 0.1) is 0 Å². The van der Waals surface area contributed by atoms with Crippen LogP contribution in [0.4, 0.5) is 0 Å². The molecular formula is C57H88N2Ni. The van der Waals surface area contributed by atoms with E-state index in [9.17, 15) is 5.53 Å². The molecule has 1 aliphatic rings. The summed E-state index contributed by atoms with van der Waals surface area (Å²) in [5.41, 5.74) is 21.6. The molecule has 60 heavy (non-hydrogen) atoms. The Bertz CT molecular complexity index is 1470. The van der Waals surface area contributed by atoms with Crippen molar-refractivity contribution in [2.24, 2.45) is 0 Å². The summed E-state index contributed by atoms with van der Waals surface area (Å²) in [7, 11) is 0. The van der Waals surface area contributed by atoms with Crippen molar-refractivity contribution in [2.75, 3.05) is 0 Å². The van der Waals surface area contributed by atoms with Crippen molar-refractivity contribution in [1.82, 2.24) is 0 Å². The molecule has 0 N–H and O–H groups in total. The van der Waals surface area contributed by atoms with E-state index in [-0.39, 0.29) is 16.5 Å².